The normalized spacial score (nSPS) is 15.6. The number of benzene rings is 7. The number of allylic oxidation sites excluding steroid dienone is 8. The van der Waals surface area contributed by atoms with E-state index in [1.807, 2.05) is 25.2 Å². The van der Waals surface area contributed by atoms with Crippen LogP contribution in [0.15, 0.2) is 199 Å². The second-order valence-corrected chi connectivity index (χ2v) is 18.1. The van der Waals surface area contributed by atoms with Gasteiger partial charge in [-0.3, -0.25) is 0 Å². The van der Waals surface area contributed by atoms with E-state index in [0.717, 1.165) is 25.7 Å². The molecule has 0 amide bonds. The number of rotatable bonds is 5. The lowest BCUT2D eigenvalue weighted by Gasteiger charge is -2.34. The third-order valence-electron chi connectivity index (χ3n) is 13.4. The van der Waals surface area contributed by atoms with Crippen molar-refractivity contribution in [3.63, 3.8) is 0 Å². The fourth-order valence-electron chi connectivity index (χ4n) is 10.5. The number of thiophene rings is 1. The van der Waals surface area contributed by atoms with E-state index < -0.39 is 0 Å². The van der Waals surface area contributed by atoms with E-state index in [0.29, 0.717) is 0 Å². The molecule has 0 atom stereocenters. The molecular formula is C59H50N2S. The van der Waals surface area contributed by atoms with Crippen LogP contribution in [0, 0.1) is 0 Å². The first-order valence-electron chi connectivity index (χ1n) is 22.4. The van der Waals surface area contributed by atoms with Crippen molar-refractivity contribution in [3.05, 3.63) is 210 Å². The molecule has 1 aromatic heterocycles. The zero-order valence-electron chi connectivity index (χ0n) is 36.0. The van der Waals surface area contributed by atoms with Crippen LogP contribution in [-0.4, -0.2) is 0 Å². The highest BCUT2D eigenvalue weighted by molar-refractivity contribution is 7.26. The highest BCUT2D eigenvalue weighted by atomic mass is 32.1. The predicted octanol–water partition coefficient (Wildman–Crippen LogP) is 17.3. The van der Waals surface area contributed by atoms with Gasteiger partial charge in [-0.25, -0.2) is 0 Å². The van der Waals surface area contributed by atoms with Crippen LogP contribution in [0.5, 0.6) is 0 Å². The summed E-state index contributed by atoms with van der Waals surface area (Å²) in [6.07, 6.45) is 13.4. The Balaban J connectivity index is 0.00000213. The smallest absolute Gasteiger partial charge is 0.0538 e. The van der Waals surface area contributed by atoms with Gasteiger partial charge in [-0.2, -0.15) is 0 Å². The average molecular weight is 819 g/mol. The Hall–Kier alpha value is -6.68. The van der Waals surface area contributed by atoms with Crippen LogP contribution < -0.4 is 9.80 Å². The summed E-state index contributed by atoms with van der Waals surface area (Å²) < 4.78 is 2.68. The van der Waals surface area contributed by atoms with Crippen LogP contribution in [0.2, 0.25) is 0 Å². The van der Waals surface area contributed by atoms with Crippen molar-refractivity contribution in [1.29, 1.82) is 0 Å². The van der Waals surface area contributed by atoms with Crippen LogP contribution in [0.25, 0.3) is 59.1 Å². The van der Waals surface area contributed by atoms with Crippen molar-refractivity contribution in [2.45, 2.75) is 58.8 Å². The van der Waals surface area contributed by atoms with Crippen LogP contribution in [0.4, 0.5) is 22.7 Å². The largest absolute Gasteiger partial charge is 0.314 e. The average Bonchev–Trinajstić information content (AvgIpc) is 3.78. The third kappa shape index (κ3) is 6.05. The molecule has 7 aromatic carbocycles. The van der Waals surface area contributed by atoms with E-state index in [4.69, 9.17) is 0 Å². The van der Waals surface area contributed by atoms with Crippen LogP contribution >= 0.6 is 11.3 Å². The van der Waals surface area contributed by atoms with E-state index in [-0.39, 0.29) is 5.41 Å². The molecule has 0 saturated heterocycles. The molecule has 0 saturated carbocycles. The summed E-state index contributed by atoms with van der Waals surface area (Å²) >= 11 is 1.90. The number of nitrogens with zero attached hydrogens (tertiary/aromatic N) is 2. The minimum Gasteiger partial charge on any atom is -0.314 e. The standard InChI is InChI=1S/C57H44N2S.C2H6/c1-57(2)51-24-11-8-19-45(51)46-33-31-41(36-52(46)57)58(39-29-27-37(28-30-39)42-22-14-23-49-48-21-10-13-26-55(48)60-56(42)49)40-32-34-54-50(35-40)44-18-7-6-17-43(44)47-20-9-12-25-53(47)59(54)38-15-4-3-5-16-38;1-2/h3-4,6-15,17-30,32,34-36H,5,16,31,33H2,1-2H3;1-2H3. The Morgan fingerprint density at radius 1 is 0.565 bits per heavy atom. The topological polar surface area (TPSA) is 6.48 Å². The van der Waals surface area contributed by atoms with E-state index in [2.05, 4.69) is 206 Å². The summed E-state index contributed by atoms with van der Waals surface area (Å²) in [5.41, 5.74) is 20.8. The monoisotopic (exact) mass is 818 g/mol. The molecule has 2 nitrogen and oxygen atoms in total. The molecule has 1 aliphatic heterocycles. The van der Waals surface area contributed by atoms with Gasteiger partial charge in [0.25, 0.3) is 0 Å². The molecule has 0 bridgehead atoms. The molecule has 3 heteroatoms. The first-order chi connectivity index (χ1) is 30.5. The first kappa shape index (κ1) is 38.3. The Morgan fingerprint density at radius 3 is 2.03 bits per heavy atom. The number of hydrogen-bond donors (Lipinski definition) is 0. The minimum absolute atomic E-state index is 0.0722. The third-order valence-corrected chi connectivity index (χ3v) is 14.6. The zero-order valence-corrected chi connectivity index (χ0v) is 36.8. The second-order valence-electron chi connectivity index (χ2n) is 17.1. The van der Waals surface area contributed by atoms with Crippen LogP contribution in [-0.2, 0) is 5.41 Å². The van der Waals surface area contributed by atoms with E-state index in [1.165, 1.54) is 110 Å². The number of hydrogen-bond acceptors (Lipinski definition) is 3. The Morgan fingerprint density at radius 2 is 1.23 bits per heavy atom. The summed E-state index contributed by atoms with van der Waals surface area (Å²) in [5, 5.41) is 2.66. The lowest BCUT2D eigenvalue weighted by Crippen LogP contribution is -2.22. The summed E-state index contributed by atoms with van der Waals surface area (Å²) in [7, 11) is 0. The fourth-order valence-corrected chi connectivity index (χ4v) is 11.8. The van der Waals surface area contributed by atoms with Gasteiger partial charge in [0.05, 0.1) is 11.4 Å². The first-order valence-corrected chi connectivity index (χ1v) is 23.2. The Bertz CT molecular complexity index is 3190. The molecular weight excluding hydrogens is 769 g/mol. The van der Waals surface area contributed by atoms with Crippen molar-refractivity contribution in [3.8, 4) is 33.4 Å². The summed E-state index contributed by atoms with van der Waals surface area (Å²) in [6, 6.07) is 59.2. The lowest BCUT2D eigenvalue weighted by atomic mass is 9.79. The molecule has 302 valence electrons. The van der Waals surface area contributed by atoms with Gasteiger partial charge < -0.3 is 9.80 Å². The summed E-state index contributed by atoms with van der Waals surface area (Å²) in [5.74, 6) is 0. The van der Waals surface area contributed by atoms with Crippen molar-refractivity contribution in [2.75, 3.05) is 9.80 Å². The molecule has 12 rings (SSSR count). The molecule has 0 spiro atoms. The van der Waals surface area contributed by atoms with Gasteiger partial charge in [0.15, 0.2) is 0 Å². The van der Waals surface area contributed by atoms with Gasteiger partial charge in [0.1, 0.15) is 0 Å². The molecule has 8 aromatic rings. The molecule has 0 N–H and O–H groups in total. The second kappa shape index (κ2) is 15.3. The van der Waals surface area contributed by atoms with Gasteiger partial charge >= 0.3 is 0 Å². The molecule has 3 aliphatic carbocycles. The Labute approximate surface area is 370 Å². The van der Waals surface area contributed by atoms with Crippen molar-refractivity contribution in [1.82, 2.24) is 0 Å². The van der Waals surface area contributed by atoms with Crippen molar-refractivity contribution < 1.29 is 0 Å². The molecule has 0 radical (unpaired) electrons. The van der Waals surface area contributed by atoms with E-state index >= 15 is 0 Å². The predicted molar refractivity (Wildman–Crippen MR) is 268 cm³/mol. The minimum atomic E-state index is -0.0722. The SMILES string of the molecule is CC.CC1(C)C2=C(CCC(N(c3ccc(-c4cccc5c4sc4ccccc45)cc3)c3ccc4c(c3)-c3ccccc3-c3ccccc3N4C3=CC=CCC3)=C2)c2ccccc21. The number of anilines is 4. The van der Waals surface area contributed by atoms with Gasteiger partial charge in [0.2, 0.25) is 0 Å². The summed E-state index contributed by atoms with van der Waals surface area (Å²) in [4.78, 5) is 5.08. The highest BCUT2D eigenvalue weighted by Gasteiger charge is 2.39. The maximum absolute atomic E-state index is 2.56. The van der Waals surface area contributed by atoms with E-state index in [1.54, 1.807) is 0 Å². The summed E-state index contributed by atoms with van der Waals surface area (Å²) in [6.45, 7) is 8.81. The van der Waals surface area contributed by atoms with Crippen LogP contribution in [0.1, 0.15) is 64.5 Å². The number of fused-ring (bicyclic) bond motifs is 10. The molecule has 2 heterocycles. The Kier molecular flexibility index (Phi) is 9.47. The van der Waals surface area contributed by atoms with Crippen molar-refractivity contribution >= 4 is 59.8 Å². The maximum atomic E-state index is 2.56. The van der Waals surface area contributed by atoms with Crippen molar-refractivity contribution in [2.24, 2.45) is 0 Å². The van der Waals surface area contributed by atoms with Crippen LogP contribution in [0.3, 0.4) is 0 Å². The maximum Gasteiger partial charge on any atom is 0.0538 e. The highest BCUT2D eigenvalue weighted by Crippen LogP contribution is 2.54. The van der Waals surface area contributed by atoms with Gasteiger partial charge in [-0.05, 0) is 125 Å². The fraction of sp³-hybridized carbons (Fsp3) is 0.153. The number of para-hydroxylation sites is 1. The molecule has 0 fully saturated rings. The van der Waals surface area contributed by atoms with Gasteiger partial charge in [-0.15, -0.1) is 11.3 Å². The van der Waals surface area contributed by atoms with E-state index in [9.17, 15) is 0 Å². The molecule has 0 unspecified atom stereocenters. The van der Waals surface area contributed by atoms with Gasteiger partial charge in [0, 0.05) is 59.5 Å². The van der Waals surface area contributed by atoms with Gasteiger partial charge in [-0.1, -0.05) is 155 Å². The molecule has 4 aliphatic rings. The lowest BCUT2D eigenvalue weighted by molar-refractivity contribution is 0.648. The molecule has 62 heavy (non-hydrogen) atoms. The zero-order chi connectivity index (χ0) is 42.0. The quantitative estimate of drug-likeness (QED) is 0.171.